The first-order valence-corrected chi connectivity index (χ1v) is 7.16. The van der Waals surface area contributed by atoms with Gasteiger partial charge in [-0.3, -0.25) is 4.79 Å². The zero-order valence-corrected chi connectivity index (χ0v) is 12.9. The molecule has 0 unspecified atom stereocenters. The first-order valence-electron chi connectivity index (χ1n) is 6.41. The van der Waals surface area contributed by atoms with E-state index in [-0.39, 0.29) is 5.91 Å². The molecule has 0 fully saturated rings. The van der Waals surface area contributed by atoms with E-state index in [9.17, 15) is 4.79 Å². The predicted molar refractivity (Wildman–Crippen MR) is 88.6 cm³/mol. The molecule has 0 heterocycles. The number of carbonyl (C=O) groups is 1. The average Bonchev–Trinajstić information content (AvgIpc) is 2.43. The molecular formula is C15H15Cl2N3O. The van der Waals surface area contributed by atoms with Crippen LogP contribution in [0.2, 0.25) is 10.0 Å². The van der Waals surface area contributed by atoms with E-state index in [2.05, 4.69) is 10.6 Å². The van der Waals surface area contributed by atoms with Crippen molar-refractivity contribution in [1.82, 2.24) is 5.32 Å². The molecule has 0 aliphatic carbocycles. The molecular weight excluding hydrogens is 309 g/mol. The van der Waals surface area contributed by atoms with E-state index in [0.29, 0.717) is 39.2 Å². The number of hydrogen-bond donors (Lipinski definition) is 3. The van der Waals surface area contributed by atoms with Crippen LogP contribution in [0, 0.1) is 0 Å². The monoisotopic (exact) mass is 323 g/mol. The maximum atomic E-state index is 12.1. The van der Waals surface area contributed by atoms with Gasteiger partial charge < -0.3 is 16.4 Å². The SMILES string of the molecule is CCNC(=O)c1ccc(N)cc1Nc1cc(Cl)ccc1Cl. The molecule has 2 aromatic carbocycles. The number of halogens is 2. The number of hydrogen-bond acceptors (Lipinski definition) is 3. The number of amides is 1. The third kappa shape index (κ3) is 3.80. The second-order valence-electron chi connectivity index (χ2n) is 4.41. The van der Waals surface area contributed by atoms with Crippen LogP contribution in [0.1, 0.15) is 17.3 Å². The Morgan fingerprint density at radius 1 is 1.14 bits per heavy atom. The molecule has 4 N–H and O–H groups in total. The molecule has 4 nitrogen and oxygen atoms in total. The minimum absolute atomic E-state index is 0.182. The molecule has 0 aliphatic heterocycles. The zero-order chi connectivity index (χ0) is 15.4. The summed E-state index contributed by atoms with van der Waals surface area (Å²) in [5.74, 6) is -0.182. The summed E-state index contributed by atoms with van der Waals surface area (Å²) in [7, 11) is 0. The molecule has 6 heteroatoms. The molecule has 0 atom stereocenters. The predicted octanol–water partition coefficient (Wildman–Crippen LogP) is 4.07. The number of benzene rings is 2. The van der Waals surface area contributed by atoms with Crippen molar-refractivity contribution in [2.75, 3.05) is 17.6 Å². The Labute approximate surface area is 133 Å². The summed E-state index contributed by atoms with van der Waals surface area (Å²) < 4.78 is 0. The van der Waals surface area contributed by atoms with Gasteiger partial charge in [0.25, 0.3) is 5.91 Å². The van der Waals surface area contributed by atoms with Crippen molar-refractivity contribution >= 4 is 46.2 Å². The lowest BCUT2D eigenvalue weighted by molar-refractivity contribution is 0.0956. The number of nitrogens with two attached hydrogens (primary N) is 1. The summed E-state index contributed by atoms with van der Waals surface area (Å²) in [5, 5.41) is 6.91. The molecule has 0 spiro atoms. The lowest BCUT2D eigenvalue weighted by atomic mass is 10.1. The van der Waals surface area contributed by atoms with E-state index in [1.807, 2.05) is 6.92 Å². The van der Waals surface area contributed by atoms with Crippen molar-refractivity contribution in [3.05, 3.63) is 52.0 Å². The van der Waals surface area contributed by atoms with Crippen molar-refractivity contribution in [3.8, 4) is 0 Å². The van der Waals surface area contributed by atoms with Crippen LogP contribution in [-0.2, 0) is 0 Å². The van der Waals surface area contributed by atoms with Crippen LogP contribution in [0.5, 0.6) is 0 Å². The molecule has 110 valence electrons. The number of rotatable bonds is 4. The quantitative estimate of drug-likeness (QED) is 0.743. The third-order valence-electron chi connectivity index (χ3n) is 2.82. The largest absolute Gasteiger partial charge is 0.399 e. The van der Waals surface area contributed by atoms with Gasteiger partial charge in [0.2, 0.25) is 0 Å². The lowest BCUT2D eigenvalue weighted by Crippen LogP contribution is -2.23. The summed E-state index contributed by atoms with van der Waals surface area (Å²) in [5.41, 5.74) is 8.01. The number of carbonyl (C=O) groups excluding carboxylic acids is 1. The number of anilines is 3. The van der Waals surface area contributed by atoms with E-state index in [1.165, 1.54) is 0 Å². The maximum absolute atomic E-state index is 12.1. The van der Waals surface area contributed by atoms with E-state index in [0.717, 1.165) is 0 Å². The Bertz CT molecular complexity index is 674. The summed E-state index contributed by atoms with van der Waals surface area (Å²) in [4.78, 5) is 12.1. The number of nitrogens with one attached hydrogen (secondary N) is 2. The topological polar surface area (TPSA) is 67.2 Å². The highest BCUT2D eigenvalue weighted by Gasteiger charge is 2.12. The van der Waals surface area contributed by atoms with Crippen LogP contribution >= 0.6 is 23.2 Å². The minimum atomic E-state index is -0.182. The fourth-order valence-electron chi connectivity index (χ4n) is 1.86. The van der Waals surface area contributed by atoms with Crippen LogP contribution in [-0.4, -0.2) is 12.5 Å². The first-order chi connectivity index (χ1) is 10.0. The van der Waals surface area contributed by atoms with Gasteiger partial charge >= 0.3 is 0 Å². The van der Waals surface area contributed by atoms with Gasteiger partial charge in [0.15, 0.2) is 0 Å². The fraction of sp³-hybridized carbons (Fsp3) is 0.133. The summed E-state index contributed by atoms with van der Waals surface area (Å²) in [6.07, 6.45) is 0. The standard InChI is InChI=1S/C15H15Cl2N3O/c1-2-19-15(21)11-5-4-10(18)8-13(11)20-14-7-9(16)3-6-12(14)17/h3-8,20H,2,18H2,1H3,(H,19,21). The highest BCUT2D eigenvalue weighted by molar-refractivity contribution is 6.35. The molecule has 2 rings (SSSR count). The summed E-state index contributed by atoms with van der Waals surface area (Å²) in [6, 6.07) is 10.1. The molecule has 1 amide bonds. The van der Waals surface area contributed by atoms with E-state index in [1.54, 1.807) is 36.4 Å². The smallest absolute Gasteiger partial charge is 0.253 e. The van der Waals surface area contributed by atoms with Gasteiger partial charge in [-0.15, -0.1) is 0 Å². The third-order valence-corrected chi connectivity index (χ3v) is 3.39. The van der Waals surface area contributed by atoms with Crippen LogP contribution < -0.4 is 16.4 Å². The van der Waals surface area contributed by atoms with Crippen LogP contribution in [0.4, 0.5) is 17.1 Å². The van der Waals surface area contributed by atoms with Crippen LogP contribution in [0.15, 0.2) is 36.4 Å². The van der Waals surface area contributed by atoms with Gasteiger partial charge in [0, 0.05) is 17.3 Å². The molecule has 0 radical (unpaired) electrons. The van der Waals surface area contributed by atoms with Crippen molar-refractivity contribution < 1.29 is 4.79 Å². The molecule has 21 heavy (non-hydrogen) atoms. The van der Waals surface area contributed by atoms with Crippen LogP contribution in [0.25, 0.3) is 0 Å². The van der Waals surface area contributed by atoms with E-state index in [4.69, 9.17) is 28.9 Å². The van der Waals surface area contributed by atoms with Gasteiger partial charge in [0.05, 0.1) is 22.0 Å². The molecule has 2 aromatic rings. The maximum Gasteiger partial charge on any atom is 0.253 e. The van der Waals surface area contributed by atoms with Crippen molar-refractivity contribution in [2.24, 2.45) is 0 Å². The molecule has 0 bridgehead atoms. The van der Waals surface area contributed by atoms with Crippen molar-refractivity contribution in [2.45, 2.75) is 6.92 Å². The zero-order valence-electron chi connectivity index (χ0n) is 11.4. The summed E-state index contributed by atoms with van der Waals surface area (Å²) in [6.45, 7) is 2.40. The first kappa shape index (κ1) is 15.5. The Morgan fingerprint density at radius 2 is 1.90 bits per heavy atom. The van der Waals surface area contributed by atoms with Gasteiger partial charge in [-0.05, 0) is 43.3 Å². The summed E-state index contributed by atoms with van der Waals surface area (Å²) >= 11 is 12.1. The molecule has 0 aromatic heterocycles. The second-order valence-corrected chi connectivity index (χ2v) is 5.26. The Hall–Kier alpha value is -1.91. The highest BCUT2D eigenvalue weighted by atomic mass is 35.5. The molecule has 0 saturated heterocycles. The van der Waals surface area contributed by atoms with Gasteiger partial charge in [0.1, 0.15) is 0 Å². The average molecular weight is 324 g/mol. The molecule has 0 saturated carbocycles. The van der Waals surface area contributed by atoms with Gasteiger partial charge in [-0.1, -0.05) is 23.2 Å². The minimum Gasteiger partial charge on any atom is -0.399 e. The van der Waals surface area contributed by atoms with Crippen molar-refractivity contribution in [1.29, 1.82) is 0 Å². The van der Waals surface area contributed by atoms with E-state index >= 15 is 0 Å². The van der Waals surface area contributed by atoms with Gasteiger partial charge in [-0.25, -0.2) is 0 Å². The highest BCUT2D eigenvalue weighted by Crippen LogP contribution is 2.30. The Kier molecular flexibility index (Phi) is 4.94. The van der Waals surface area contributed by atoms with Crippen molar-refractivity contribution in [3.63, 3.8) is 0 Å². The van der Waals surface area contributed by atoms with Crippen LogP contribution in [0.3, 0.4) is 0 Å². The molecule has 0 aliphatic rings. The van der Waals surface area contributed by atoms with E-state index < -0.39 is 0 Å². The lowest BCUT2D eigenvalue weighted by Gasteiger charge is -2.14. The normalized spacial score (nSPS) is 10.2. The number of nitrogen functional groups attached to an aromatic ring is 1. The second kappa shape index (κ2) is 6.70. The van der Waals surface area contributed by atoms with Gasteiger partial charge in [-0.2, -0.15) is 0 Å². The fourth-order valence-corrected chi connectivity index (χ4v) is 2.19. The Balaban J connectivity index is 2.40. The Morgan fingerprint density at radius 3 is 2.62 bits per heavy atom.